The van der Waals surface area contributed by atoms with E-state index < -0.39 is 0 Å². The lowest BCUT2D eigenvalue weighted by molar-refractivity contribution is 0.666. The summed E-state index contributed by atoms with van der Waals surface area (Å²) in [5.41, 5.74) is 12.2. The first kappa shape index (κ1) is 37.2. The molecule has 3 heterocycles. The summed E-state index contributed by atoms with van der Waals surface area (Å²) >= 11 is 0. The molecule has 2 aromatic heterocycles. The van der Waals surface area contributed by atoms with Crippen molar-refractivity contribution in [3.05, 3.63) is 229 Å². The molecule has 0 spiro atoms. The zero-order chi connectivity index (χ0) is 43.0. The van der Waals surface area contributed by atoms with Crippen LogP contribution in [0.4, 0.5) is 0 Å². The molecule has 0 saturated carbocycles. The molecule has 306 valence electrons. The number of aliphatic imine (C=N–C) groups is 2. The second kappa shape index (κ2) is 14.9. The average Bonchev–Trinajstić information content (AvgIpc) is 3.89. The third kappa shape index (κ3) is 6.21. The molecule has 1 aliphatic rings. The molecule has 12 aromatic rings. The first-order valence-corrected chi connectivity index (χ1v) is 22.4. The lowest BCUT2D eigenvalue weighted by Gasteiger charge is -2.19. The van der Waals surface area contributed by atoms with Crippen molar-refractivity contribution in [2.75, 3.05) is 0 Å². The van der Waals surface area contributed by atoms with Crippen LogP contribution in [0.3, 0.4) is 0 Å². The monoisotopic (exact) mass is 831 g/mol. The maximum atomic E-state index is 7.08. The van der Waals surface area contributed by atoms with Crippen LogP contribution in [0.1, 0.15) is 30.0 Å². The van der Waals surface area contributed by atoms with Gasteiger partial charge in [-0.1, -0.05) is 171 Å². The third-order valence-electron chi connectivity index (χ3n) is 13.4. The zero-order valence-corrected chi connectivity index (χ0v) is 35.7. The average molecular weight is 832 g/mol. The molecule has 1 unspecified atom stereocenters. The molecule has 4 nitrogen and oxygen atoms in total. The van der Waals surface area contributed by atoms with Crippen molar-refractivity contribution < 1.29 is 4.42 Å². The number of rotatable bonds is 5. The van der Waals surface area contributed by atoms with E-state index in [1.165, 1.54) is 54.2 Å². The summed E-state index contributed by atoms with van der Waals surface area (Å²) in [4.78, 5) is 11.3. The summed E-state index contributed by atoms with van der Waals surface area (Å²) in [6, 6.07) is 74.0. The molecule has 0 amide bonds. The van der Waals surface area contributed by atoms with Crippen molar-refractivity contribution in [3.8, 4) is 16.8 Å². The van der Waals surface area contributed by atoms with Gasteiger partial charge in [-0.2, -0.15) is 0 Å². The van der Waals surface area contributed by atoms with E-state index in [2.05, 4.69) is 218 Å². The van der Waals surface area contributed by atoms with Gasteiger partial charge < -0.3 is 8.98 Å². The Morgan fingerprint density at radius 3 is 1.71 bits per heavy atom. The molecule has 0 fully saturated rings. The largest absolute Gasteiger partial charge is 0.454 e. The Morgan fingerprint density at radius 1 is 0.462 bits per heavy atom. The van der Waals surface area contributed by atoms with Gasteiger partial charge in [-0.25, -0.2) is 9.98 Å². The lowest BCUT2D eigenvalue weighted by atomic mass is 9.92. The Bertz CT molecular complexity index is 3880. The molecule has 0 radical (unpaired) electrons. The topological polar surface area (TPSA) is 42.8 Å². The van der Waals surface area contributed by atoms with E-state index in [0.717, 1.165) is 73.2 Å². The number of para-hydroxylation sites is 1. The summed E-state index contributed by atoms with van der Waals surface area (Å²) in [6.45, 7) is 2.28. The van der Waals surface area contributed by atoms with Crippen LogP contribution in [-0.4, -0.2) is 16.1 Å². The van der Waals surface area contributed by atoms with Crippen molar-refractivity contribution in [2.45, 2.75) is 13.3 Å². The van der Waals surface area contributed by atoms with Gasteiger partial charge in [0.1, 0.15) is 5.58 Å². The van der Waals surface area contributed by atoms with Crippen LogP contribution in [0.15, 0.2) is 227 Å². The highest BCUT2D eigenvalue weighted by Crippen LogP contribution is 2.42. The summed E-state index contributed by atoms with van der Waals surface area (Å²) in [5, 5.41) is 11.6. The maximum absolute atomic E-state index is 7.08. The van der Waals surface area contributed by atoms with Gasteiger partial charge in [0.05, 0.1) is 28.1 Å². The Morgan fingerprint density at radius 2 is 1.02 bits per heavy atom. The SMILES string of the molecule is CC1C/C=C(\c2ccc3ccccc3c2)N=C(c2ccc(-n3c4cc5ccccc5cc4c4cc5ccccc5cc43)c3oc4ccccc4c23)N=C1c1ccc(-c2ccccc2)cc1. The fraction of sp³-hybridized carbons (Fsp3) is 0.0492. The maximum Gasteiger partial charge on any atom is 0.160 e. The highest BCUT2D eigenvalue weighted by molar-refractivity contribution is 6.25. The number of hydrogen-bond acceptors (Lipinski definition) is 3. The van der Waals surface area contributed by atoms with Crippen LogP contribution < -0.4 is 0 Å². The minimum Gasteiger partial charge on any atom is -0.454 e. The predicted octanol–water partition coefficient (Wildman–Crippen LogP) is 16.1. The van der Waals surface area contributed by atoms with Crippen molar-refractivity contribution in [1.29, 1.82) is 0 Å². The van der Waals surface area contributed by atoms with E-state index >= 15 is 0 Å². The third-order valence-corrected chi connectivity index (χ3v) is 13.4. The Labute approximate surface area is 375 Å². The molecule has 0 bridgehead atoms. The second-order valence-corrected chi connectivity index (χ2v) is 17.4. The normalized spacial score (nSPS) is 15.4. The Hall–Kier alpha value is -8.34. The molecule has 10 aromatic carbocycles. The summed E-state index contributed by atoms with van der Waals surface area (Å²) in [6.07, 6.45) is 3.09. The predicted molar refractivity (Wildman–Crippen MR) is 274 cm³/mol. The first-order valence-electron chi connectivity index (χ1n) is 22.4. The first-order chi connectivity index (χ1) is 32.1. The van der Waals surface area contributed by atoms with Gasteiger partial charge in [-0.05, 0) is 104 Å². The van der Waals surface area contributed by atoms with Gasteiger partial charge in [0.2, 0.25) is 0 Å². The molecule has 1 aliphatic heterocycles. The number of furan rings is 1. The van der Waals surface area contributed by atoms with Crippen LogP contribution in [0.2, 0.25) is 0 Å². The zero-order valence-electron chi connectivity index (χ0n) is 35.7. The number of allylic oxidation sites excluding steroid dienone is 1. The Balaban J connectivity index is 1.08. The molecule has 0 N–H and O–H groups in total. The van der Waals surface area contributed by atoms with Crippen LogP contribution in [-0.2, 0) is 0 Å². The van der Waals surface area contributed by atoms with Crippen molar-refractivity contribution in [1.82, 2.24) is 4.57 Å². The van der Waals surface area contributed by atoms with Gasteiger partial charge in [0, 0.05) is 38.6 Å². The second-order valence-electron chi connectivity index (χ2n) is 17.4. The molecule has 0 aliphatic carbocycles. The molecule has 65 heavy (non-hydrogen) atoms. The highest BCUT2D eigenvalue weighted by atomic mass is 16.3. The number of nitrogens with zero attached hydrogens (tertiary/aromatic N) is 3. The summed E-state index contributed by atoms with van der Waals surface area (Å²) in [5.74, 6) is 0.761. The molecule has 13 rings (SSSR count). The van der Waals surface area contributed by atoms with E-state index in [0.29, 0.717) is 5.84 Å². The van der Waals surface area contributed by atoms with Gasteiger partial charge >= 0.3 is 0 Å². The lowest BCUT2D eigenvalue weighted by Crippen LogP contribution is -2.17. The van der Waals surface area contributed by atoms with E-state index in [-0.39, 0.29) is 5.92 Å². The number of benzene rings is 10. The molecular formula is C61H41N3O. The van der Waals surface area contributed by atoms with E-state index in [1.54, 1.807) is 0 Å². The molecule has 4 heteroatoms. The van der Waals surface area contributed by atoms with E-state index in [1.807, 2.05) is 6.07 Å². The highest BCUT2D eigenvalue weighted by Gasteiger charge is 2.25. The van der Waals surface area contributed by atoms with Crippen LogP contribution in [0.25, 0.3) is 98.6 Å². The van der Waals surface area contributed by atoms with E-state index in [4.69, 9.17) is 14.4 Å². The number of hydrogen-bond donors (Lipinski definition) is 0. The quantitative estimate of drug-likeness (QED) is 0.170. The molecule has 0 saturated heterocycles. The fourth-order valence-electron chi connectivity index (χ4n) is 10.1. The Kier molecular flexibility index (Phi) is 8.53. The number of fused-ring (bicyclic) bond motifs is 9. The number of aromatic nitrogens is 1. The summed E-state index contributed by atoms with van der Waals surface area (Å²) in [7, 11) is 0. The van der Waals surface area contributed by atoms with Crippen molar-refractivity contribution in [3.63, 3.8) is 0 Å². The minimum absolute atomic E-state index is 0.108. The molecule has 1 atom stereocenters. The molecular weight excluding hydrogens is 791 g/mol. The van der Waals surface area contributed by atoms with Gasteiger partial charge in [0.25, 0.3) is 0 Å². The smallest absolute Gasteiger partial charge is 0.160 e. The van der Waals surface area contributed by atoms with Crippen LogP contribution >= 0.6 is 0 Å². The standard InChI is InChI=1S/C61H41N3O/c1-38-23-31-53(48-29-26-40-15-5-6-16-43(40)33-48)62-61(63-59(38)42-27-24-41(25-28-42)39-13-3-2-4-14-39)50-30-32-54(60-58(50)49-21-11-12-22-57(49)65-60)64-55-36-46-19-9-7-17-44(46)34-51(55)52-35-45-18-8-10-20-47(45)37-56(52)64/h2-22,24-38H,23H2,1H3/b53-31+,62-61?,63-59?. The van der Waals surface area contributed by atoms with Gasteiger partial charge in [-0.3, -0.25) is 0 Å². The summed E-state index contributed by atoms with van der Waals surface area (Å²) < 4.78 is 9.48. The minimum atomic E-state index is 0.108. The fourth-order valence-corrected chi connectivity index (χ4v) is 10.1. The van der Waals surface area contributed by atoms with Crippen LogP contribution in [0.5, 0.6) is 0 Å². The van der Waals surface area contributed by atoms with Crippen molar-refractivity contribution in [2.24, 2.45) is 15.9 Å². The van der Waals surface area contributed by atoms with Crippen LogP contribution in [0, 0.1) is 5.92 Å². The van der Waals surface area contributed by atoms with Gasteiger partial charge in [-0.15, -0.1) is 0 Å². The van der Waals surface area contributed by atoms with Gasteiger partial charge in [0.15, 0.2) is 11.4 Å². The van der Waals surface area contributed by atoms with Crippen molar-refractivity contribution >= 4 is 93.3 Å². The van der Waals surface area contributed by atoms with E-state index in [9.17, 15) is 0 Å². The number of amidine groups is 1.